The zero-order chi connectivity index (χ0) is 31.5. The number of anilines is 3. The summed E-state index contributed by atoms with van der Waals surface area (Å²) in [4.78, 5) is 27.5. The van der Waals surface area contributed by atoms with Gasteiger partial charge in [0.15, 0.2) is 0 Å². The number of piperidine rings is 1. The first-order valence-electron chi connectivity index (χ1n) is 15.6. The van der Waals surface area contributed by atoms with E-state index < -0.39 is 7.92 Å². The molecule has 0 saturated carbocycles. The monoisotopic (exact) mass is 708 g/mol. The summed E-state index contributed by atoms with van der Waals surface area (Å²) in [5.74, 6) is 1.32. The van der Waals surface area contributed by atoms with Crippen LogP contribution >= 0.6 is 35.6 Å². The molecule has 0 unspecified atom stereocenters. The van der Waals surface area contributed by atoms with Crippen molar-refractivity contribution in [2.45, 2.75) is 42.1 Å². The van der Waals surface area contributed by atoms with Gasteiger partial charge in [-0.05, 0) is 79.3 Å². The highest BCUT2D eigenvalue weighted by molar-refractivity contribution is 9.10. The number of halogens is 1. The van der Waals surface area contributed by atoms with Crippen LogP contribution in [0.4, 0.5) is 17.3 Å². The third-order valence-electron chi connectivity index (χ3n) is 8.83. The van der Waals surface area contributed by atoms with Crippen LogP contribution in [0.1, 0.15) is 25.3 Å². The first-order chi connectivity index (χ1) is 21.8. The molecule has 0 amide bonds. The van der Waals surface area contributed by atoms with Crippen LogP contribution in [-0.4, -0.2) is 103 Å². The molecule has 2 aliphatic rings. The van der Waals surface area contributed by atoms with Gasteiger partial charge in [-0.2, -0.15) is 0 Å². The van der Waals surface area contributed by atoms with Crippen LogP contribution in [-0.2, 0) is 6.42 Å². The normalized spacial score (nSPS) is 16.9. The summed E-state index contributed by atoms with van der Waals surface area (Å²) >= 11 is 5.31. The van der Waals surface area contributed by atoms with Crippen LogP contribution in [0.25, 0.3) is 11.0 Å². The van der Waals surface area contributed by atoms with E-state index in [1.807, 2.05) is 12.3 Å². The Morgan fingerprint density at radius 1 is 1.02 bits per heavy atom. The molecule has 2 aromatic carbocycles. The SMILES string of the molecule is CCc1cc(Nc2ncc(Br)c(Sc3ccc4nccnc4c3P(C)C)n2)c(OC)cc1N1CCC(N2CCN(C)CC2)CC1. The third-order valence-corrected chi connectivity index (χ3v) is 12.2. The second-order valence-electron chi connectivity index (χ2n) is 11.9. The van der Waals surface area contributed by atoms with Gasteiger partial charge in [0.05, 0.1) is 28.3 Å². The minimum Gasteiger partial charge on any atom is -0.494 e. The summed E-state index contributed by atoms with van der Waals surface area (Å²) in [6.07, 6.45) is 8.65. The van der Waals surface area contributed by atoms with Gasteiger partial charge in [0.2, 0.25) is 5.95 Å². The van der Waals surface area contributed by atoms with Crippen molar-refractivity contribution in [3.8, 4) is 5.75 Å². The molecule has 9 nitrogen and oxygen atoms in total. The lowest BCUT2D eigenvalue weighted by molar-refractivity contribution is 0.0982. The van der Waals surface area contributed by atoms with Crippen molar-refractivity contribution in [1.82, 2.24) is 29.7 Å². The Labute approximate surface area is 280 Å². The summed E-state index contributed by atoms with van der Waals surface area (Å²) in [5.41, 5.74) is 5.31. The molecule has 2 aliphatic heterocycles. The number of methoxy groups -OCH3 is 1. The molecule has 238 valence electrons. The molecule has 2 saturated heterocycles. The number of aryl methyl sites for hydroxylation is 1. The van der Waals surface area contributed by atoms with Gasteiger partial charge in [0.1, 0.15) is 10.8 Å². The van der Waals surface area contributed by atoms with Gasteiger partial charge in [-0.15, -0.1) is 0 Å². The second kappa shape index (κ2) is 14.5. The molecule has 4 heterocycles. The molecule has 0 radical (unpaired) electrons. The van der Waals surface area contributed by atoms with Crippen LogP contribution in [0.3, 0.4) is 0 Å². The Morgan fingerprint density at radius 2 is 1.78 bits per heavy atom. The third kappa shape index (κ3) is 7.23. The highest BCUT2D eigenvalue weighted by atomic mass is 79.9. The molecule has 4 aromatic rings. The highest BCUT2D eigenvalue weighted by Gasteiger charge is 2.28. The number of rotatable bonds is 9. The smallest absolute Gasteiger partial charge is 0.228 e. The van der Waals surface area contributed by atoms with Crippen LogP contribution < -0.4 is 20.3 Å². The Balaban J connectivity index is 1.21. The van der Waals surface area contributed by atoms with Gasteiger partial charge >= 0.3 is 0 Å². The summed E-state index contributed by atoms with van der Waals surface area (Å²) < 4.78 is 6.77. The number of nitrogens with one attached hydrogen (secondary N) is 1. The zero-order valence-corrected chi connectivity index (χ0v) is 30.1. The summed E-state index contributed by atoms with van der Waals surface area (Å²) in [6.45, 7) is 13.6. The van der Waals surface area contributed by atoms with Gasteiger partial charge in [-0.1, -0.05) is 26.6 Å². The number of aromatic nitrogens is 4. The van der Waals surface area contributed by atoms with E-state index in [2.05, 4.69) is 96.4 Å². The van der Waals surface area contributed by atoms with Gasteiger partial charge < -0.3 is 19.9 Å². The van der Waals surface area contributed by atoms with Gasteiger partial charge in [-0.25, -0.2) is 9.97 Å². The van der Waals surface area contributed by atoms with E-state index in [-0.39, 0.29) is 0 Å². The number of nitrogens with zero attached hydrogens (tertiary/aromatic N) is 7. The van der Waals surface area contributed by atoms with Crippen LogP contribution in [0.2, 0.25) is 0 Å². The summed E-state index contributed by atoms with van der Waals surface area (Å²) in [5, 5.41) is 5.54. The highest BCUT2D eigenvalue weighted by Crippen LogP contribution is 2.40. The van der Waals surface area contributed by atoms with Crippen molar-refractivity contribution in [3.63, 3.8) is 0 Å². The molecule has 12 heteroatoms. The van der Waals surface area contributed by atoms with Crippen molar-refractivity contribution in [3.05, 3.63) is 52.9 Å². The average molecular weight is 710 g/mol. The number of benzene rings is 2. The van der Waals surface area contributed by atoms with Gasteiger partial charge in [0.25, 0.3) is 0 Å². The first kappa shape index (κ1) is 32.4. The maximum Gasteiger partial charge on any atom is 0.228 e. The molecule has 1 N–H and O–H groups in total. The number of likely N-dealkylation sites (N-methyl/N-ethyl adjacent to an activating group) is 1. The summed E-state index contributed by atoms with van der Waals surface area (Å²) in [6, 6.07) is 9.25. The molecule has 2 fully saturated rings. The predicted octanol–water partition coefficient (Wildman–Crippen LogP) is 6.23. The maximum absolute atomic E-state index is 5.92. The van der Waals surface area contributed by atoms with E-state index in [0.717, 1.165) is 56.4 Å². The van der Waals surface area contributed by atoms with Crippen molar-refractivity contribution in [2.75, 3.05) is 77.0 Å². The molecule has 0 bridgehead atoms. The van der Waals surface area contributed by atoms with Crippen LogP contribution in [0, 0.1) is 0 Å². The fraction of sp³-hybridized carbons (Fsp3) is 0.455. The fourth-order valence-electron chi connectivity index (χ4n) is 6.34. The minimum absolute atomic E-state index is 0.421. The molecule has 45 heavy (non-hydrogen) atoms. The number of piperazine rings is 1. The average Bonchev–Trinajstić information content (AvgIpc) is 3.06. The topological polar surface area (TPSA) is 82.5 Å². The lowest BCUT2D eigenvalue weighted by Gasteiger charge is -2.43. The molecular formula is C33H42BrN8OPS. The molecule has 6 rings (SSSR count). The maximum atomic E-state index is 5.92. The second-order valence-corrected chi connectivity index (χ2v) is 16.0. The largest absolute Gasteiger partial charge is 0.494 e. The van der Waals surface area contributed by atoms with Crippen molar-refractivity contribution >= 4 is 69.3 Å². The van der Waals surface area contributed by atoms with Crippen molar-refractivity contribution in [2.24, 2.45) is 0 Å². The molecule has 2 aromatic heterocycles. The van der Waals surface area contributed by atoms with Gasteiger partial charge in [-0.3, -0.25) is 14.9 Å². The molecule has 0 spiro atoms. The summed E-state index contributed by atoms with van der Waals surface area (Å²) in [7, 11) is 3.54. The van der Waals surface area contributed by atoms with Crippen LogP contribution in [0.15, 0.2) is 57.3 Å². The van der Waals surface area contributed by atoms with E-state index in [0.29, 0.717) is 12.0 Å². The Hall–Kier alpha value is -2.56. The minimum atomic E-state index is -0.421. The molecule has 0 aliphatic carbocycles. The van der Waals surface area contributed by atoms with E-state index >= 15 is 0 Å². The number of hydrogen-bond donors (Lipinski definition) is 1. The van der Waals surface area contributed by atoms with Crippen LogP contribution in [0.5, 0.6) is 5.75 Å². The number of hydrogen-bond acceptors (Lipinski definition) is 10. The predicted molar refractivity (Wildman–Crippen MR) is 192 cm³/mol. The molecular weight excluding hydrogens is 667 g/mol. The van der Waals surface area contributed by atoms with E-state index in [9.17, 15) is 0 Å². The number of ether oxygens (including phenoxy) is 1. The Morgan fingerprint density at radius 3 is 2.49 bits per heavy atom. The Bertz CT molecular complexity index is 1640. The van der Waals surface area contributed by atoms with E-state index in [4.69, 9.17) is 9.72 Å². The van der Waals surface area contributed by atoms with Gasteiger partial charge in [0, 0.05) is 85.9 Å². The molecule has 0 atom stereocenters. The standard InChI is InChI=1S/C33H42BrN8OPS/c1-6-22-19-26(28(43-3)20-27(22)42-13-9-23(10-14-42)41-17-15-40(2)16-18-41)38-33-37-21-24(34)32(39-33)45-29-8-7-25-30(31(29)44(4)5)36-12-11-35-25/h7-8,11-12,19-21,23H,6,9-10,13-18H2,1-5H3,(H,37,38,39). The fourth-order valence-corrected chi connectivity index (χ4v) is 9.39. The Kier molecular flexibility index (Phi) is 10.4. The van der Waals surface area contributed by atoms with E-state index in [1.165, 1.54) is 55.6 Å². The van der Waals surface area contributed by atoms with Crippen molar-refractivity contribution in [1.29, 1.82) is 0 Å². The zero-order valence-electron chi connectivity index (χ0n) is 26.8. The lowest BCUT2D eigenvalue weighted by atomic mass is 9.99. The van der Waals surface area contributed by atoms with Crippen molar-refractivity contribution < 1.29 is 4.74 Å². The lowest BCUT2D eigenvalue weighted by Crippen LogP contribution is -2.52. The quantitative estimate of drug-likeness (QED) is 0.160. The number of fused-ring (bicyclic) bond motifs is 1. The van der Waals surface area contributed by atoms with E-state index in [1.54, 1.807) is 31.3 Å². The first-order valence-corrected chi connectivity index (χ1v) is 19.5.